The SMILES string of the molecule is CC.Cc1ccc(C#N)c(C(F)(F)P)c1. The van der Waals surface area contributed by atoms with E-state index in [9.17, 15) is 8.78 Å². The summed E-state index contributed by atoms with van der Waals surface area (Å²) < 4.78 is 25.8. The fraction of sp³-hybridized carbons (Fsp3) is 0.364. The molecular weight excluding hydrogens is 215 g/mol. The van der Waals surface area contributed by atoms with Crippen LogP contribution in [0.4, 0.5) is 8.78 Å². The summed E-state index contributed by atoms with van der Waals surface area (Å²) in [6.07, 6.45) is 0. The van der Waals surface area contributed by atoms with Crippen LogP contribution in [0, 0.1) is 18.3 Å². The molecular formula is C11H14F2NP. The van der Waals surface area contributed by atoms with Gasteiger partial charge in [0.1, 0.15) is 0 Å². The molecule has 0 amide bonds. The third kappa shape index (κ3) is 3.93. The molecule has 0 aliphatic rings. The highest BCUT2D eigenvalue weighted by Gasteiger charge is 2.27. The van der Waals surface area contributed by atoms with Gasteiger partial charge in [-0.05, 0) is 19.1 Å². The Morgan fingerprint density at radius 1 is 1.33 bits per heavy atom. The number of benzene rings is 1. The highest BCUT2D eigenvalue weighted by molar-refractivity contribution is 7.17. The maximum Gasteiger partial charge on any atom is 0.285 e. The lowest BCUT2D eigenvalue weighted by Gasteiger charge is -2.12. The van der Waals surface area contributed by atoms with Gasteiger partial charge < -0.3 is 0 Å². The first-order chi connectivity index (χ1) is 6.95. The Balaban J connectivity index is 0.000000921. The Labute approximate surface area is 91.3 Å². The Bertz CT molecular complexity index is 364. The number of nitriles is 1. The second-order valence-corrected chi connectivity index (χ2v) is 3.51. The average Bonchev–Trinajstić information content (AvgIpc) is 2.19. The predicted octanol–water partition coefficient (Wildman–Crippen LogP) is 3.82. The fourth-order valence-electron chi connectivity index (χ4n) is 1.03. The lowest BCUT2D eigenvalue weighted by atomic mass is 10.1. The van der Waals surface area contributed by atoms with E-state index in [1.807, 2.05) is 13.8 Å². The zero-order valence-electron chi connectivity index (χ0n) is 9.01. The van der Waals surface area contributed by atoms with E-state index in [0.29, 0.717) is 0 Å². The van der Waals surface area contributed by atoms with Crippen LogP contribution in [-0.4, -0.2) is 0 Å². The highest BCUT2D eigenvalue weighted by Crippen LogP contribution is 2.36. The molecule has 0 aromatic heterocycles. The molecule has 0 radical (unpaired) electrons. The van der Waals surface area contributed by atoms with Crippen molar-refractivity contribution in [2.45, 2.75) is 26.4 Å². The molecule has 0 aliphatic heterocycles. The van der Waals surface area contributed by atoms with Gasteiger partial charge >= 0.3 is 0 Å². The topological polar surface area (TPSA) is 23.8 Å². The Morgan fingerprint density at radius 2 is 1.87 bits per heavy atom. The van der Waals surface area contributed by atoms with Gasteiger partial charge in [0, 0.05) is 5.56 Å². The van der Waals surface area contributed by atoms with Crippen LogP contribution in [0.1, 0.15) is 30.5 Å². The predicted molar refractivity (Wildman–Crippen MR) is 60.8 cm³/mol. The lowest BCUT2D eigenvalue weighted by molar-refractivity contribution is 0.103. The second kappa shape index (κ2) is 5.78. The van der Waals surface area contributed by atoms with Gasteiger partial charge in [0.15, 0.2) is 0 Å². The van der Waals surface area contributed by atoms with Crippen LogP contribution in [0.2, 0.25) is 0 Å². The lowest BCUT2D eigenvalue weighted by Crippen LogP contribution is -2.05. The van der Waals surface area contributed by atoms with E-state index < -0.39 is 5.66 Å². The third-order valence-electron chi connectivity index (χ3n) is 1.65. The van der Waals surface area contributed by atoms with Gasteiger partial charge in [-0.15, -0.1) is 0 Å². The zero-order valence-corrected chi connectivity index (χ0v) is 10.2. The molecule has 0 bridgehead atoms. The minimum absolute atomic E-state index is 0.0191. The standard InChI is InChI=1S/C9H8F2NP.C2H6/c1-6-2-3-7(5-12)8(4-6)9(10,11)13;1-2/h2-4H,13H2,1H3;1-2H3. The van der Waals surface area contributed by atoms with Crippen molar-refractivity contribution in [2.24, 2.45) is 0 Å². The van der Waals surface area contributed by atoms with Crippen molar-refractivity contribution in [3.05, 3.63) is 34.9 Å². The van der Waals surface area contributed by atoms with Crippen molar-refractivity contribution in [3.63, 3.8) is 0 Å². The quantitative estimate of drug-likeness (QED) is 0.671. The number of nitrogens with zero attached hydrogens (tertiary/aromatic N) is 1. The number of aryl methyl sites for hydroxylation is 1. The zero-order chi connectivity index (χ0) is 12.1. The number of hydrogen-bond acceptors (Lipinski definition) is 1. The van der Waals surface area contributed by atoms with Crippen molar-refractivity contribution >= 4 is 9.24 Å². The van der Waals surface area contributed by atoms with E-state index in [2.05, 4.69) is 0 Å². The van der Waals surface area contributed by atoms with E-state index in [1.54, 1.807) is 19.1 Å². The summed E-state index contributed by atoms with van der Waals surface area (Å²) in [5.74, 6) is 0. The Morgan fingerprint density at radius 3 is 2.27 bits per heavy atom. The number of halogens is 2. The molecule has 1 nitrogen and oxygen atoms in total. The van der Waals surface area contributed by atoms with Crippen molar-refractivity contribution in [1.29, 1.82) is 5.26 Å². The first-order valence-corrected chi connectivity index (χ1v) is 5.21. The second-order valence-electron chi connectivity index (χ2n) is 2.78. The molecule has 0 saturated carbocycles. The molecule has 0 heterocycles. The van der Waals surface area contributed by atoms with Crippen LogP contribution in [0.15, 0.2) is 18.2 Å². The summed E-state index contributed by atoms with van der Waals surface area (Å²) >= 11 is 0. The molecule has 0 fully saturated rings. The summed E-state index contributed by atoms with van der Waals surface area (Å²) in [7, 11) is 1.43. The molecule has 0 saturated heterocycles. The Kier molecular flexibility index (Phi) is 5.39. The minimum atomic E-state index is -3.03. The monoisotopic (exact) mass is 229 g/mol. The van der Waals surface area contributed by atoms with Crippen LogP contribution in [0.5, 0.6) is 0 Å². The maximum atomic E-state index is 12.9. The van der Waals surface area contributed by atoms with Crippen LogP contribution in [-0.2, 0) is 5.66 Å². The summed E-state index contributed by atoms with van der Waals surface area (Å²) in [5.41, 5.74) is -2.53. The molecule has 0 spiro atoms. The first-order valence-electron chi connectivity index (χ1n) is 4.63. The van der Waals surface area contributed by atoms with Gasteiger partial charge in [0.2, 0.25) is 0 Å². The smallest absolute Gasteiger partial charge is 0.197 e. The van der Waals surface area contributed by atoms with Crippen molar-refractivity contribution < 1.29 is 8.78 Å². The van der Waals surface area contributed by atoms with Crippen LogP contribution in [0.3, 0.4) is 0 Å². The molecule has 1 rings (SSSR count). The molecule has 82 valence electrons. The molecule has 1 aromatic carbocycles. The van der Waals surface area contributed by atoms with Crippen molar-refractivity contribution in [1.82, 2.24) is 0 Å². The van der Waals surface area contributed by atoms with Crippen LogP contribution >= 0.6 is 9.24 Å². The fourth-order valence-corrected chi connectivity index (χ4v) is 1.27. The number of hydrogen-bond donors (Lipinski definition) is 0. The average molecular weight is 229 g/mol. The molecule has 0 N–H and O–H groups in total. The summed E-state index contributed by atoms with van der Waals surface area (Å²) in [6, 6.07) is 6.10. The van der Waals surface area contributed by atoms with E-state index >= 15 is 0 Å². The Hall–Kier alpha value is -1.00. The van der Waals surface area contributed by atoms with Gasteiger partial charge in [0.05, 0.1) is 11.6 Å². The normalized spacial score (nSPS) is 9.93. The molecule has 15 heavy (non-hydrogen) atoms. The number of rotatable bonds is 1. The van der Waals surface area contributed by atoms with E-state index in [4.69, 9.17) is 5.26 Å². The van der Waals surface area contributed by atoms with Crippen molar-refractivity contribution in [3.8, 4) is 6.07 Å². The minimum Gasteiger partial charge on any atom is -0.197 e. The molecule has 0 aliphatic carbocycles. The summed E-state index contributed by atoms with van der Waals surface area (Å²) in [4.78, 5) is 0. The molecule has 1 unspecified atom stereocenters. The maximum absolute atomic E-state index is 12.9. The van der Waals surface area contributed by atoms with Gasteiger partial charge in [0.25, 0.3) is 5.66 Å². The van der Waals surface area contributed by atoms with Gasteiger partial charge in [-0.1, -0.05) is 34.7 Å². The van der Waals surface area contributed by atoms with Crippen LogP contribution in [0.25, 0.3) is 0 Å². The van der Waals surface area contributed by atoms with Crippen molar-refractivity contribution in [2.75, 3.05) is 0 Å². The highest BCUT2D eigenvalue weighted by atomic mass is 31.0. The first kappa shape index (κ1) is 14.0. The summed E-state index contributed by atoms with van der Waals surface area (Å²) in [6.45, 7) is 5.71. The van der Waals surface area contributed by atoms with E-state index in [-0.39, 0.29) is 11.1 Å². The van der Waals surface area contributed by atoms with Crippen LogP contribution < -0.4 is 0 Å². The van der Waals surface area contributed by atoms with Gasteiger partial charge in [-0.2, -0.15) is 14.0 Å². The largest absolute Gasteiger partial charge is 0.285 e. The third-order valence-corrected chi connectivity index (χ3v) is 1.97. The van der Waals surface area contributed by atoms with Gasteiger partial charge in [-0.25, -0.2) is 0 Å². The van der Waals surface area contributed by atoms with E-state index in [0.717, 1.165) is 5.56 Å². The van der Waals surface area contributed by atoms with E-state index in [1.165, 1.54) is 21.4 Å². The van der Waals surface area contributed by atoms with Gasteiger partial charge in [-0.3, -0.25) is 0 Å². The molecule has 4 heteroatoms. The summed E-state index contributed by atoms with van der Waals surface area (Å²) in [5, 5.41) is 8.58. The molecule has 1 atom stereocenters. The molecule has 1 aromatic rings. The number of alkyl halides is 2.